The summed E-state index contributed by atoms with van der Waals surface area (Å²) < 4.78 is 13.8. The molecular formula is C33H40FN5O3. The van der Waals surface area contributed by atoms with Crippen LogP contribution in [0.5, 0.6) is 0 Å². The third-order valence-corrected chi connectivity index (χ3v) is 8.65. The highest BCUT2D eigenvalue weighted by Gasteiger charge is 2.48. The van der Waals surface area contributed by atoms with Crippen molar-refractivity contribution in [1.29, 1.82) is 0 Å². The van der Waals surface area contributed by atoms with Crippen molar-refractivity contribution in [3.63, 3.8) is 0 Å². The van der Waals surface area contributed by atoms with Crippen molar-refractivity contribution in [2.45, 2.75) is 76.8 Å². The van der Waals surface area contributed by atoms with Crippen LogP contribution in [0.4, 0.5) is 10.1 Å². The number of H-pyrrole nitrogens is 1. The SMILES string of the molecule is CC(C)(C)c1ccc(N(C(=O)c2cnc[nH]2)C(C(=O)NCCc2cccc(F)c2)C2CC(=O)NC3CCCCC32)cc1. The number of piperidine rings is 1. The quantitative estimate of drug-likeness (QED) is 0.356. The van der Waals surface area contributed by atoms with Gasteiger partial charge >= 0.3 is 0 Å². The van der Waals surface area contributed by atoms with E-state index in [4.69, 9.17) is 0 Å². The van der Waals surface area contributed by atoms with Gasteiger partial charge in [-0.3, -0.25) is 19.3 Å². The molecule has 3 aromatic rings. The Morgan fingerprint density at radius 3 is 2.57 bits per heavy atom. The standard InChI is InChI=1S/C33H40FN5O3/c1-33(2,3)22-11-13-24(14-12-22)39(32(42)28-19-35-20-37-28)30(26-18-29(40)38-27-10-5-4-9-25(26)27)31(41)36-16-15-21-7-6-8-23(34)17-21/h6-8,11-14,17,19-20,25-27,30H,4-5,9-10,15-16,18H2,1-3H3,(H,35,37)(H,36,41)(H,38,40). The van der Waals surface area contributed by atoms with Crippen molar-refractivity contribution in [2.24, 2.45) is 11.8 Å². The van der Waals surface area contributed by atoms with E-state index in [0.29, 0.717) is 12.1 Å². The molecule has 9 heteroatoms. The molecule has 1 saturated heterocycles. The fourth-order valence-corrected chi connectivity index (χ4v) is 6.49. The minimum atomic E-state index is -0.939. The number of aromatic amines is 1. The molecule has 1 aliphatic heterocycles. The second-order valence-corrected chi connectivity index (χ2v) is 12.5. The van der Waals surface area contributed by atoms with Gasteiger partial charge in [0.2, 0.25) is 11.8 Å². The molecule has 8 nitrogen and oxygen atoms in total. The molecule has 1 saturated carbocycles. The molecule has 0 radical (unpaired) electrons. The summed E-state index contributed by atoms with van der Waals surface area (Å²) in [4.78, 5) is 49.9. The number of benzene rings is 2. The number of imidazole rings is 1. The molecule has 2 aromatic carbocycles. The van der Waals surface area contributed by atoms with Crippen molar-refractivity contribution >= 4 is 23.4 Å². The monoisotopic (exact) mass is 573 g/mol. The molecule has 1 aliphatic carbocycles. The van der Waals surface area contributed by atoms with E-state index in [1.165, 1.54) is 24.7 Å². The molecule has 2 fully saturated rings. The number of carbonyl (C=O) groups is 3. The van der Waals surface area contributed by atoms with Gasteiger partial charge in [-0.1, -0.05) is 57.9 Å². The van der Waals surface area contributed by atoms with Crippen molar-refractivity contribution in [1.82, 2.24) is 20.6 Å². The first-order valence-electron chi connectivity index (χ1n) is 14.9. The Hall–Kier alpha value is -4.01. The summed E-state index contributed by atoms with van der Waals surface area (Å²) in [6, 6.07) is 13.1. The second kappa shape index (κ2) is 12.5. The van der Waals surface area contributed by atoms with Crippen LogP contribution in [0.2, 0.25) is 0 Å². The lowest BCUT2D eigenvalue weighted by atomic mass is 9.69. The molecule has 222 valence electrons. The topological polar surface area (TPSA) is 107 Å². The summed E-state index contributed by atoms with van der Waals surface area (Å²) in [5, 5.41) is 6.18. The second-order valence-electron chi connectivity index (χ2n) is 12.5. The zero-order chi connectivity index (χ0) is 29.9. The lowest BCUT2D eigenvalue weighted by Crippen LogP contribution is -2.61. The summed E-state index contributed by atoms with van der Waals surface area (Å²) >= 11 is 0. The Bertz CT molecular complexity index is 1400. The van der Waals surface area contributed by atoms with Crippen molar-refractivity contribution < 1.29 is 18.8 Å². The van der Waals surface area contributed by atoms with Gasteiger partial charge in [-0.15, -0.1) is 0 Å². The number of aromatic nitrogens is 2. The predicted octanol–water partition coefficient (Wildman–Crippen LogP) is 4.92. The van der Waals surface area contributed by atoms with Crippen molar-refractivity contribution in [2.75, 3.05) is 11.4 Å². The smallest absolute Gasteiger partial charge is 0.277 e. The van der Waals surface area contributed by atoms with Gasteiger partial charge in [0.05, 0.1) is 12.5 Å². The lowest BCUT2D eigenvalue weighted by molar-refractivity contribution is -0.130. The van der Waals surface area contributed by atoms with Crippen LogP contribution in [0.1, 0.15) is 74.5 Å². The van der Waals surface area contributed by atoms with Gasteiger partial charge in [-0.2, -0.15) is 0 Å². The molecule has 4 unspecified atom stereocenters. The molecule has 4 atom stereocenters. The number of nitrogens with zero attached hydrogens (tertiary/aromatic N) is 2. The maximum atomic E-state index is 14.3. The van der Waals surface area contributed by atoms with E-state index in [9.17, 15) is 18.8 Å². The van der Waals surface area contributed by atoms with Gasteiger partial charge in [0.25, 0.3) is 5.91 Å². The average molecular weight is 574 g/mol. The van der Waals surface area contributed by atoms with Gasteiger partial charge < -0.3 is 15.6 Å². The number of anilines is 1. The van der Waals surface area contributed by atoms with Crippen LogP contribution in [-0.2, 0) is 21.4 Å². The zero-order valence-corrected chi connectivity index (χ0v) is 24.5. The molecule has 2 aliphatic rings. The Morgan fingerprint density at radius 1 is 1.12 bits per heavy atom. The number of halogens is 1. The van der Waals surface area contributed by atoms with Crippen LogP contribution in [0.3, 0.4) is 0 Å². The van der Waals surface area contributed by atoms with Crippen molar-refractivity contribution in [3.05, 3.63) is 83.7 Å². The van der Waals surface area contributed by atoms with E-state index >= 15 is 0 Å². The molecular weight excluding hydrogens is 533 g/mol. The van der Waals surface area contributed by atoms with E-state index in [2.05, 4.69) is 41.4 Å². The maximum Gasteiger partial charge on any atom is 0.277 e. The highest BCUT2D eigenvalue weighted by Crippen LogP contribution is 2.40. The summed E-state index contributed by atoms with van der Waals surface area (Å²) in [7, 11) is 0. The minimum Gasteiger partial charge on any atom is -0.354 e. The number of rotatable bonds is 8. The van der Waals surface area contributed by atoms with Crippen molar-refractivity contribution in [3.8, 4) is 0 Å². The Labute approximate surface area is 246 Å². The van der Waals surface area contributed by atoms with Crippen LogP contribution in [0, 0.1) is 17.7 Å². The molecule has 0 spiro atoms. The van der Waals surface area contributed by atoms with Gasteiger partial charge in [-0.25, -0.2) is 9.37 Å². The first-order valence-corrected chi connectivity index (χ1v) is 14.9. The first kappa shape index (κ1) is 29.5. The molecule has 2 heterocycles. The molecule has 5 rings (SSSR count). The largest absolute Gasteiger partial charge is 0.354 e. The Balaban J connectivity index is 1.54. The van der Waals surface area contributed by atoms with E-state index < -0.39 is 6.04 Å². The summed E-state index contributed by atoms with van der Waals surface area (Å²) in [5.41, 5.74) is 2.60. The summed E-state index contributed by atoms with van der Waals surface area (Å²) in [6.07, 6.45) is 7.23. The van der Waals surface area contributed by atoms with E-state index in [1.54, 1.807) is 11.0 Å². The third kappa shape index (κ3) is 6.55. The number of nitrogens with one attached hydrogen (secondary N) is 3. The van der Waals surface area contributed by atoms with Gasteiger partial charge in [0.1, 0.15) is 17.6 Å². The number of fused-ring (bicyclic) bond motifs is 1. The van der Waals surface area contributed by atoms with Gasteiger partial charge in [0, 0.05) is 30.6 Å². The van der Waals surface area contributed by atoms with Gasteiger partial charge in [0.15, 0.2) is 0 Å². The summed E-state index contributed by atoms with van der Waals surface area (Å²) in [5.74, 6) is -1.47. The number of amides is 3. The average Bonchev–Trinajstić information content (AvgIpc) is 3.50. The fraction of sp³-hybridized carbons (Fsp3) is 0.455. The van der Waals surface area contributed by atoms with Crippen LogP contribution in [-0.4, -0.2) is 46.3 Å². The third-order valence-electron chi connectivity index (χ3n) is 8.65. The molecule has 0 bridgehead atoms. The van der Waals surface area contributed by atoms with E-state index in [-0.39, 0.29) is 65.5 Å². The zero-order valence-electron chi connectivity index (χ0n) is 24.5. The van der Waals surface area contributed by atoms with Crippen LogP contribution in [0.15, 0.2) is 61.1 Å². The fourth-order valence-electron chi connectivity index (χ4n) is 6.49. The van der Waals surface area contributed by atoms with E-state index in [1.807, 2.05) is 30.3 Å². The Kier molecular flexibility index (Phi) is 8.75. The van der Waals surface area contributed by atoms with Crippen LogP contribution >= 0.6 is 0 Å². The van der Waals surface area contributed by atoms with E-state index in [0.717, 1.165) is 36.8 Å². The Morgan fingerprint density at radius 2 is 1.88 bits per heavy atom. The number of carbonyl (C=O) groups excluding carboxylic acids is 3. The van der Waals surface area contributed by atoms with Gasteiger partial charge in [-0.05, 0) is 66.0 Å². The molecule has 3 amide bonds. The van der Waals surface area contributed by atoms with Crippen LogP contribution < -0.4 is 15.5 Å². The molecule has 3 N–H and O–H groups in total. The van der Waals surface area contributed by atoms with Crippen LogP contribution in [0.25, 0.3) is 0 Å². The number of hydrogen-bond donors (Lipinski definition) is 3. The summed E-state index contributed by atoms with van der Waals surface area (Å²) in [6.45, 7) is 6.62. The number of hydrogen-bond acceptors (Lipinski definition) is 4. The highest BCUT2D eigenvalue weighted by atomic mass is 19.1. The lowest BCUT2D eigenvalue weighted by Gasteiger charge is -2.46. The molecule has 1 aromatic heterocycles. The first-order chi connectivity index (χ1) is 20.1. The normalized spacial score (nSPS) is 21.1. The molecule has 42 heavy (non-hydrogen) atoms. The minimum absolute atomic E-state index is 0.0278. The predicted molar refractivity (Wildman–Crippen MR) is 159 cm³/mol. The highest BCUT2D eigenvalue weighted by molar-refractivity contribution is 6.09. The maximum absolute atomic E-state index is 14.3.